The Labute approximate surface area is 230 Å². The van der Waals surface area contributed by atoms with Crippen molar-refractivity contribution in [3.05, 3.63) is 18.2 Å². The summed E-state index contributed by atoms with van der Waals surface area (Å²) in [6, 6.07) is 5.87. The maximum Gasteiger partial charge on any atom is 0.270 e. The van der Waals surface area contributed by atoms with Crippen molar-refractivity contribution in [2.24, 2.45) is 11.8 Å². The third kappa shape index (κ3) is 6.23. The molecule has 3 amide bonds. The average Bonchev–Trinajstić information content (AvgIpc) is 3.77. The van der Waals surface area contributed by atoms with Crippen LogP contribution >= 0.6 is 0 Å². The molecule has 0 radical (unpaired) electrons. The lowest BCUT2D eigenvalue weighted by molar-refractivity contribution is -0.132. The summed E-state index contributed by atoms with van der Waals surface area (Å²) in [7, 11) is 1.65. The van der Waals surface area contributed by atoms with Crippen LogP contribution in [-0.4, -0.2) is 82.0 Å². The van der Waals surface area contributed by atoms with Gasteiger partial charge in [0.05, 0.1) is 30.2 Å². The number of benzene rings is 1. The predicted molar refractivity (Wildman–Crippen MR) is 147 cm³/mol. The van der Waals surface area contributed by atoms with E-state index in [4.69, 9.17) is 14.2 Å². The number of ether oxygens (including phenoxy) is 3. The minimum Gasteiger partial charge on any atom is -0.476 e. The minimum absolute atomic E-state index is 0.00720. The van der Waals surface area contributed by atoms with Crippen molar-refractivity contribution in [1.82, 2.24) is 10.6 Å². The average molecular weight is 543 g/mol. The van der Waals surface area contributed by atoms with Crippen LogP contribution in [0.4, 0.5) is 11.4 Å². The van der Waals surface area contributed by atoms with Crippen LogP contribution in [0, 0.1) is 11.8 Å². The third-order valence-corrected chi connectivity index (χ3v) is 8.09. The highest BCUT2D eigenvalue weighted by molar-refractivity contribution is 6.04. The van der Waals surface area contributed by atoms with Gasteiger partial charge < -0.3 is 34.6 Å². The van der Waals surface area contributed by atoms with E-state index in [9.17, 15) is 14.4 Å². The Balaban J connectivity index is 1.33. The summed E-state index contributed by atoms with van der Waals surface area (Å²) < 4.78 is 16.8. The lowest BCUT2D eigenvalue weighted by Gasteiger charge is -2.40. The number of hydrogen-bond donors (Lipinski definition) is 2. The van der Waals surface area contributed by atoms with Crippen LogP contribution in [0.5, 0.6) is 5.75 Å². The van der Waals surface area contributed by atoms with Crippen LogP contribution in [-0.2, 0) is 23.9 Å². The zero-order valence-corrected chi connectivity index (χ0v) is 23.4. The van der Waals surface area contributed by atoms with Crippen molar-refractivity contribution in [2.45, 2.75) is 70.1 Å². The van der Waals surface area contributed by atoms with E-state index in [1.54, 1.807) is 25.9 Å². The van der Waals surface area contributed by atoms with E-state index in [1.807, 2.05) is 23.1 Å². The fraction of sp³-hybridized carbons (Fsp3) is 0.690. The van der Waals surface area contributed by atoms with Crippen LogP contribution in [0.15, 0.2) is 18.2 Å². The monoisotopic (exact) mass is 542 g/mol. The quantitative estimate of drug-likeness (QED) is 0.461. The van der Waals surface area contributed by atoms with Crippen molar-refractivity contribution in [1.29, 1.82) is 0 Å². The molecule has 3 heterocycles. The molecular weight excluding hydrogens is 500 g/mol. The summed E-state index contributed by atoms with van der Waals surface area (Å²) in [5.74, 6) is -0.0231. The molecule has 3 fully saturated rings. The molecule has 1 aromatic carbocycles. The van der Waals surface area contributed by atoms with Gasteiger partial charge in [-0.05, 0) is 70.6 Å². The van der Waals surface area contributed by atoms with Gasteiger partial charge >= 0.3 is 0 Å². The summed E-state index contributed by atoms with van der Waals surface area (Å²) in [6.07, 6.45) is 4.96. The molecule has 1 aromatic rings. The number of nitrogens with one attached hydrogen (secondary N) is 2. The Morgan fingerprint density at radius 2 is 2.00 bits per heavy atom. The second kappa shape index (κ2) is 11.8. The standard InChI is InChI=1S/C29H42N4O6/c1-29(2)28(36)32(11-5-12-37-3)24-15-23(9-10-25(24)39-29)33(22-7-8-22)27(35)20-14-19(16-30-17-20)26(34)31-21-6-4-13-38-18-21/h9-10,15,19-22,30H,4-8,11-14,16-18H2,1-3H3,(H,31,34)/t19-,20+,21?/m0/s1. The van der Waals surface area contributed by atoms with Crippen molar-refractivity contribution in [2.75, 3.05) is 56.4 Å². The van der Waals surface area contributed by atoms with Gasteiger partial charge in [-0.2, -0.15) is 0 Å². The first-order valence-electron chi connectivity index (χ1n) is 14.3. The second-order valence-corrected chi connectivity index (χ2v) is 11.7. The smallest absolute Gasteiger partial charge is 0.270 e. The molecule has 39 heavy (non-hydrogen) atoms. The zero-order chi connectivity index (χ0) is 27.6. The molecule has 0 bridgehead atoms. The van der Waals surface area contributed by atoms with E-state index in [0.717, 1.165) is 38.0 Å². The topological polar surface area (TPSA) is 109 Å². The zero-order valence-electron chi connectivity index (χ0n) is 23.4. The van der Waals surface area contributed by atoms with Crippen molar-refractivity contribution < 1.29 is 28.6 Å². The first-order chi connectivity index (χ1) is 18.8. The van der Waals surface area contributed by atoms with Crippen LogP contribution in [0.3, 0.4) is 0 Å². The summed E-state index contributed by atoms with van der Waals surface area (Å²) in [5.41, 5.74) is 0.473. The third-order valence-electron chi connectivity index (χ3n) is 8.09. The largest absolute Gasteiger partial charge is 0.476 e. The number of methoxy groups -OCH3 is 1. The minimum atomic E-state index is -0.972. The van der Waals surface area contributed by atoms with Crippen molar-refractivity contribution in [3.8, 4) is 5.75 Å². The van der Waals surface area contributed by atoms with E-state index in [0.29, 0.717) is 57.1 Å². The number of amides is 3. The van der Waals surface area contributed by atoms with Crippen LogP contribution in [0.2, 0.25) is 0 Å². The van der Waals surface area contributed by atoms with E-state index in [2.05, 4.69) is 10.6 Å². The van der Waals surface area contributed by atoms with Gasteiger partial charge in [0.1, 0.15) is 5.75 Å². The van der Waals surface area contributed by atoms with Crippen LogP contribution < -0.4 is 25.2 Å². The summed E-state index contributed by atoms with van der Waals surface area (Å²) >= 11 is 0. The second-order valence-electron chi connectivity index (χ2n) is 11.7. The number of fused-ring (bicyclic) bond motifs is 1. The van der Waals surface area contributed by atoms with E-state index < -0.39 is 5.60 Å². The molecule has 2 saturated heterocycles. The van der Waals surface area contributed by atoms with E-state index in [-0.39, 0.29) is 41.6 Å². The lowest BCUT2D eigenvalue weighted by Crippen LogP contribution is -2.53. The molecule has 2 N–H and O–H groups in total. The van der Waals surface area contributed by atoms with Gasteiger partial charge in [-0.1, -0.05) is 0 Å². The van der Waals surface area contributed by atoms with Crippen molar-refractivity contribution in [3.63, 3.8) is 0 Å². The lowest BCUT2D eigenvalue weighted by atomic mass is 9.88. The molecule has 3 aliphatic heterocycles. The number of rotatable bonds is 9. The molecule has 214 valence electrons. The number of piperidine rings is 1. The summed E-state index contributed by atoms with van der Waals surface area (Å²) in [5, 5.41) is 6.45. The highest BCUT2D eigenvalue weighted by Gasteiger charge is 2.43. The Morgan fingerprint density at radius 1 is 1.21 bits per heavy atom. The molecule has 5 rings (SSSR count). The maximum absolute atomic E-state index is 14.0. The highest BCUT2D eigenvalue weighted by Crippen LogP contribution is 2.43. The molecule has 1 saturated carbocycles. The molecule has 4 aliphatic rings. The Kier molecular flexibility index (Phi) is 8.44. The molecule has 0 aromatic heterocycles. The number of carbonyl (C=O) groups excluding carboxylic acids is 3. The number of nitrogens with zero attached hydrogens (tertiary/aromatic N) is 2. The molecule has 0 spiro atoms. The number of carbonyl (C=O) groups is 3. The molecule has 3 atom stereocenters. The van der Waals surface area contributed by atoms with Crippen molar-refractivity contribution >= 4 is 29.1 Å². The Hall–Kier alpha value is -2.69. The number of hydrogen-bond acceptors (Lipinski definition) is 7. The van der Waals surface area contributed by atoms with Gasteiger partial charge in [-0.3, -0.25) is 14.4 Å². The van der Waals surface area contributed by atoms with Gasteiger partial charge in [-0.15, -0.1) is 0 Å². The van der Waals surface area contributed by atoms with Crippen LogP contribution in [0.1, 0.15) is 52.4 Å². The SMILES string of the molecule is COCCCN1C(=O)C(C)(C)Oc2ccc(N(C(=O)[C@H]3CNC[C@@H](C(=O)NC4CCCOC4)C3)C3CC3)cc21. The summed E-state index contributed by atoms with van der Waals surface area (Å²) in [6.45, 7) is 7.01. The van der Waals surface area contributed by atoms with Gasteiger partial charge in [0.2, 0.25) is 11.8 Å². The molecule has 1 aliphatic carbocycles. The van der Waals surface area contributed by atoms with Gasteiger partial charge in [-0.25, -0.2) is 0 Å². The molecule has 10 nitrogen and oxygen atoms in total. The normalized spacial score (nSPS) is 26.4. The predicted octanol–water partition coefficient (Wildman–Crippen LogP) is 2.24. The Bertz CT molecular complexity index is 1070. The first kappa shape index (κ1) is 27.9. The first-order valence-corrected chi connectivity index (χ1v) is 14.3. The Morgan fingerprint density at radius 3 is 2.72 bits per heavy atom. The van der Waals surface area contributed by atoms with Gasteiger partial charge in [0, 0.05) is 51.7 Å². The van der Waals surface area contributed by atoms with E-state index in [1.165, 1.54) is 0 Å². The summed E-state index contributed by atoms with van der Waals surface area (Å²) in [4.78, 5) is 43.9. The molecular formula is C29H42N4O6. The fourth-order valence-electron chi connectivity index (χ4n) is 5.85. The molecule has 1 unspecified atom stereocenters. The molecule has 10 heteroatoms. The van der Waals surface area contributed by atoms with E-state index >= 15 is 0 Å². The highest BCUT2D eigenvalue weighted by atomic mass is 16.5. The van der Waals surface area contributed by atoms with Crippen LogP contribution in [0.25, 0.3) is 0 Å². The maximum atomic E-state index is 14.0. The number of anilines is 2. The van der Waals surface area contributed by atoms with Gasteiger partial charge in [0.25, 0.3) is 5.91 Å². The van der Waals surface area contributed by atoms with Gasteiger partial charge in [0.15, 0.2) is 5.60 Å². The fourth-order valence-corrected chi connectivity index (χ4v) is 5.85.